The minimum absolute atomic E-state index is 0.200. The molecule has 1 spiro atoms. The molecule has 3 fully saturated rings. The van der Waals surface area contributed by atoms with Crippen molar-refractivity contribution in [1.29, 1.82) is 0 Å². The van der Waals surface area contributed by atoms with Crippen LogP contribution in [0.5, 0.6) is 0 Å². The normalized spacial score (nSPS) is 25.1. The number of likely N-dealkylation sites (tertiary alicyclic amines) is 2. The predicted molar refractivity (Wildman–Crippen MR) is 84.9 cm³/mol. The van der Waals surface area contributed by atoms with Crippen LogP contribution in [0.15, 0.2) is 6.20 Å². The minimum atomic E-state index is 0.200. The fourth-order valence-corrected chi connectivity index (χ4v) is 4.33. The first-order valence-corrected chi connectivity index (χ1v) is 8.63. The Bertz CT molecular complexity index is 581. The molecule has 4 rings (SSSR count). The van der Waals surface area contributed by atoms with Crippen LogP contribution in [0.1, 0.15) is 60.5 Å². The summed E-state index contributed by atoms with van der Waals surface area (Å²) in [5.74, 6) is 0.725. The molecule has 2 saturated heterocycles. The molecule has 1 amide bonds. The van der Waals surface area contributed by atoms with Crippen LogP contribution in [0, 0.1) is 0 Å². The average molecular weight is 302 g/mol. The van der Waals surface area contributed by atoms with E-state index in [0.29, 0.717) is 11.5 Å². The number of hydrogen-bond acceptors (Lipinski definition) is 3. The van der Waals surface area contributed by atoms with E-state index in [0.717, 1.165) is 37.2 Å². The highest BCUT2D eigenvalue weighted by Gasteiger charge is 2.42. The topological polar surface area (TPSA) is 41.4 Å². The van der Waals surface area contributed by atoms with E-state index in [-0.39, 0.29) is 5.91 Å². The van der Waals surface area contributed by atoms with Crippen molar-refractivity contribution in [3.8, 4) is 0 Å². The van der Waals surface area contributed by atoms with Gasteiger partial charge in [0.15, 0.2) is 0 Å². The zero-order valence-electron chi connectivity index (χ0n) is 13.7. The Hall–Kier alpha value is -1.36. The molecular weight excluding hydrogens is 276 g/mol. The monoisotopic (exact) mass is 302 g/mol. The van der Waals surface area contributed by atoms with E-state index in [4.69, 9.17) is 0 Å². The number of aryl methyl sites for hydroxylation is 1. The Morgan fingerprint density at radius 3 is 2.50 bits per heavy atom. The maximum absolute atomic E-state index is 12.9. The van der Waals surface area contributed by atoms with Gasteiger partial charge in [-0.05, 0) is 52.1 Å². The quantitative estimate of drug-likeness (QED) is 0.839. The van der Waals surface area contributed by atoms with Gasteiger partial charge in [0.1, 0.15) is 0 Å². The standard InChI is InChI=1S/C17H26N4O/c1-19-9-3-6-17(19)7-10-21(11-8-17)16(22)14-12-20(2)18-15(14)13-4-5-13/h12-13H,3-11H2,1-2H3. The highest BCUT2D eigenvalue weighted by Crippen LogP contribution is 2.42. The number of amides is 1. The van der Waals surface area contributed by atoms with Crippen molar-refractivity contribution in [1.82, 2.24) is 19.6 Å². The zero-order valence-corrected chi connectivity index (χ0v) is 13.7. The fraction of sp³-hybridized carbons (Fsp3) is 0.765. The number of hydrogen-bond donors (Lipinski definition) is 0. The summed E-state index contributed by atoms with van der Waals surface area (Å²) in [6, 6.07) is 0. The molecule has 0 radical (unpaired) electrons. The van der Waals surface area contributed by atoms with E-state index in [2.05, 4.69) is 21.9 Å². The lowest BCUT2D eigenvalue weighted by Crippen LogP contribution is -2.52. The molecule has 0 aromatic carbocycles. The molecule has 5 heteroatoms. The third kappa shape index (κ3) is 2.26. The van der Waals surface area contributed by atoms with Crippen molar-refractivity contribution < 1.29 is 4.79 Å². The summed E-state index contributed by atoms with van der Waals surface area (Å²) in [4.78, 5) is 17.5. The number of piperidine rings is 1. The van der Waals surface area contributed by atoms with Crippen LogP contribution in [0.4, 0.5) is 0 Å². The summed E-state index contributed by atoms with van der Waals surface area (Å²) >= 11 is 0. The summed E-state index contributed by atoms with van der Waals surface area (Å²) in [7, 11) is 4.16. The maximum atomic E-state index is 12.9. The third-order valence-corrected chi connectivity index (χ3v) is 5.98. The van der Waals surface area contributed by atoms with Gasteiger partial charge in [-0.3, -0.25) is 9.48 Å². The van der Waals surface area contributed by atoms with Crippen LogP contribution >= 0.6 is 0 Å². The van der Waals surface area contributed by atoms with Gasteiger partial charge < -0.3 is 9.80 Å². The maximum Gasteiger partial charge on any atom is 0.257 e. The van der Waals surface area contributed by atoms with E-state index >= 15 is 0 Å². The summed E-state index contributed by atoms with van der Waals surface area (Å²) in [5.41, 5.74) is 2.25. The van der Waals surface area contributed by atoms with Crippen molar-refractivity contribution in [3.05, 3.63) is 17.5 Å². The van der Waals surface area contributed by atoms with Crippen LogP contribution in [-0.2, 0) is 7.05 Å². The van der Waals surface area contributed by atoms with Crippen LogP contribution < -0.4 is 0 Å². The molecule has 120 valence electrons. The van der Waals surface area contributed by atoms with Crippen LogP contribution in [0.2, 0.25) is 0 Å². The molecule has 0 bridgehead atoms. The first-order valence-electron chi connectivity index (χ1n) is 8.63. The number of aromatic nitrogens is 2. The van der Waals surface area contributed by atoms with Gasteiger partial charge in [0, 0.05) is 37.8 Å². The Morgan fingerprint density at radius 1 is 1.18 bits per heavy atom. The van der Waals surface area contributed by atoms with Crippen LogP contribution in [-0.4, -0.2) is 57.7 Å². The van der Waals surface area contributed by atoms with Gasteiger partial charge >= 0.3 is 0 Å². The van der Waals surface area contributed by atoms with Gasteiger partial charge in [0.05, 0.1) is 11.3 Å². The second-order valence-electron chi connectivity index (χ2n) is 7.42. The van der Waals surface area contributed by atoms with Gasteiger partial charge in [-0.2, -0.15) is 5.10 Å². The minimum Gasteiger partial charge on any atom is -0.338 e. The number of nitrogens with zero attached hydrogens (tertiary/aromatic N) is 4. The van der Waals surface area contributed by atoms with Crippen molar-refractivity contribution in [2.45, 2.75) is 50.0 Å². The lowest BCUT2D eigenvalue weighted by atomic mass is 9.85. The van der Waals surface area contributed by atoms with Gasteiger partial charge in [-0.25, -0.2) is 0 Å². The van der Waals surface area contributed by atoms with Crippen molar-refractivity contribution >= 4 is 5.91 Å². The van der Waals surface area contributed by atoms with E-state index < -0.39 is 0 Å². The summed E-state index contributed by atoms with van der Waals surface area (Å²) in [6.07, 6.45) is 9.13. The number of carbonyl (C=O) groups excluding carboxylic acids is 1. The smallest absolute Gasteiger partial charge is 0.257 e. The largest absolute Gasteiger partial charge is 0.338 e. The predicted octanol–water partition coefficient (Wildman–Crippen LogP) is 2.00. The van der Waals surface area contributed by atoms with Gasteiger partial charge in [0.25, 0.3) is 5.91 Å². The second kappa shape index (κ2) is 5.08. The van der Waals surface area contributed by atoms with Crippen LogP contribution in [0.3, 0.4) is 0 Å². The lowest BCUT2D eigenvalue weighted by molar-refractivity contribution is 0.0491. The van der Waals surface area contributed by atoms with Crippen LogP contribution in [0.25, 0.3) is 0 Å². The highest BCUT2D eigenvalue weighted by atomic mass is 16.2. The summed E-state index contributed by atoms with van der Waals surface area (Å²) < 4.78 is 1.80. The van der Waals surface area contributed by atoms with E-state index in [1.807, 2.05) is 13.2 Å². The second-order valence-corrected chi connectivity index (χ2v) is 7.42. The number of rotatable bonds is 2. The molecule has 3 heterocycles. The van der Waals surface area contributed by atoms with E-state index in [1.54, 1.807) is 4.68 Å². The van der Waals surface area contributed by atoms with E-state index in [1.165, 1.54) is 32.2 Å². The molecule has 5 nitrogen and oxygen atoms in total. The molecule has 0 unspecified atom stereocenters. The first kappa shape index (κ1) is 14.2. The molecule has 1 aromatic heterocycles. The first-order chi connectivity index (χ1) is 10.6. The van der Waals surface area contributed by atoms with Gasteiger partial charge in [-0.15, -0.1) is 0 Å². The molecule has 1 saturated carbocycles. The highest BCUT2D eigenvalue weighted by molar-refractivity contribution is 5.95. The lowest BCUT2D eigenvalue weighted by Gasteiger charge is -2.43. The third-order valence-electron chi connectivity index (χ3n) is 5.98. The molecule has 2 aliphatic heterocycles. The number of carbonyl (C=O) groups is 1. The molecule has 22 heavy (non-hydrogen) atoms. The zero-order chi connectivity index (χ0) is 15.3. The Balaban J connectivity index is 1.48. The fourth-order valence-electron chi connectivity index (χ4n) is 4.33. The molecule has 0 N–H and O–H groups in total. The Labute approximate surface area is 132 Å². The van der Waals surface area contributed by atoms with E-state index in [9.17, 15) is 4.79 Å². The molecule has 1 aromatic rings. The molecular formula is C17H26N4O. The Kier molecular flexibility index (Phi) is 3.29. The summed E-state index contributed by atoms with van der Waals surface area (Å²) in [6.45, 7) is 2.99. The SMILES string of the molecule is CN1CCCC12CCN(C(=O)c1cn(C)nc1C1CC1)CC2. The summed E-state index contributed by atoms with van der Waals surface area (Å²) in [5, 5.41) is 4.53. The Morgan fingerprint density at radius 2 is 1.91 bits per heavy atom. The molecule has 0 atom stereocenters. The van der Waals surface area contributed by atoms with Gasteiger partial charge in [0.2, 0.25) is 0 Å². The van der Waals surface area contributed by atoms with Crippen molar-refractivity contribution in [3.63, 3.8) is 0 Å². The molecule has 1 aliphatic carbocycles. The van der Waals surface area contributed by atoms with Gasteiger partial charge in [-0.1, -0.05) is 0 Å². The van der Waals surface area contributed by atoms with Crippen molar-refractivity contribution in [2.24, 2.45) is 7.05 Å². The molecule has 3 aliphatic rings. The average Bonchev–Trinajstić information content (AvgIpc) is 3.21. The van der Waals surface area contributed by atoms with Crippen molar-refractivity contribution in [2.75, 3.05) is 26.7 Å².